The number of amides is 1. The first-order valence-corrected chi connectivity index (χ1v) is 8.09. The molecule has 0 atom stereocenters. The van der Waals surface area contributed by atoms with Gasteiger partial charge in [-0.3, -0.25) is 4.79 Å². The molecule has 3 rings (SSSR count). The van der Waals surface area contributed by atoms with Crippen molar-refractivity contribution in [2.24, 2.45) is 0 Å². The third kappa shape index (κ3) is 4.27. The summed E-state index contributed by atoms with van der Waals surface area (Å²) in [5.74, 6) is -0.552. The molecule has 0 aliphatic carbocycles. The Morgan fingerprint density at radius 2 is 1.96 bits per heavy atom. The first-order valence-electron chi connectivity index (χ1n) is 7.30. The maximum absolute atomic E-state index is 13.2. The highest BCUT2D eigenvalue weighted by molar-refractivity contribution is 9.10. The van der Waals surface area contributed by atoms with Crippen molar-refractivity contribution in [2.45, 2.75) is 6.54 Å². The van der Waals surface area contributed by atoms with Gasteiger partial charge in [0.05, 0.1) is 5.56 Å². The highest BCUT2D eigenvalue weighted by Gasteiger charge is 2.16. The molecule has 1 amide bonds. The number of ether oxygens (including phenoxy) is 3. The molecule has 2 aromatic rings. The zero-order valence-electron chi connectivity index (χ0n) is 12.9. The van der Waals surface area contributed by atoms with Gasteiger partial charge in [-0.1, -0.05) is 6.07 Å². The Kier molecular flexibility index (Phi) is 5.18. The van der Waals surface area contributed by atoms with Crippen molar-refractivity contribution in [3.8, 4) is 11.5 Å². The molecule has 0 saturated heterocycles. The van der Waals surface area contributed by atoms with Gasteiger partial charge in [0, 0.05) is 11.0 Å². The van der Waals surface area contributed by atoms with E-state index < -0.39 is 24.3 Å². The van der Waals surface area contributed by atoms with Crippen molar-refractivity contribution in [3.63, 3.8) is 0 Å². The minimum Gasteiger partial charge on any atom is -0.454 e. The summed E-state index contributed by atoms with van der Waals surface area (Å²) in [6, 6.07) is 8.95. The number of nitrogens with one attached hydrogen (secondary N) is 1. The highest BCUT2D eigenvalue weighted by Crippen LogP contribution is 2.32. The van der Waals surface area contributed by atoms with E-state index in [4.69, 9.17) is 14.2 Å². The van der Waals surface area contributed by atoms with Crippen LogP contribution in [-0.4, -0.2) is 25.3 Å². The Balaban J connectivity index is 1.49. The van der Waals surface area contributed by atoms with Gasteiger partial charge in [0.25, 0.3) is 5.91 Å². The van der Waals surface area contributed by atoms with Gasteiger partial charge >= 0.3 is 5.97 Å². The van der Waals surface area contributed by atoms with Gasteiger partial charge in [-0.05, 0) is 51.8 Å². The first kappa shape index (κ1) is 17.2. The molecule has 0 bridgehead atoms. The van der Waals surface area contributed by atoms with Crippen LogP contribution in [0.1, 0.15) is 15.9 Å². The summed E-state index contributed by atoms with van der Waals surface area (Å²) in [5.41, 5.74) is 0.834. The smallest absolute Gasteiger partial charge is 0.339 e. The van der Waals surface area contributed by atoms with Crippen LogP contribution in [-0.2, 0) is 16.1 Å². The lowest BCUT2D eigenvalue weighted by Gasteiger charge is -2.08. The Hall–Kier alpha value is -2.61. The number of esters is 1. The van der Waals surface area contributed by atoms with Gasteiger partial charge in [0.15, 0.2) is 18.1 Å². The van der Waals surface area contributed by atoms with Crippen LogP contribution in [0.3, 0.4) is 0 Å². The lowest BCUT2D eigenvalue weighted by atomic mass is 10.2. The molecule has 1 N–H and O–H groups in total. The topological polar surface area (TPSA) is 73.9 Å². The number of hydrogen-bond donors (Lipinski definition) is 1. The lowest BCUT2D eigenvalue weighted by Crippen LogP contribution is -2.28. The minimum atomic E-state index is -0.787. The number of fused-ring (bicyclic) bond motifs is 1. The van der Waals surface area contributed by atoms with Gasteiger partial charge in [0.1, 0.15) is 5.82 Å². The molecule has 1 aliphatic rings. The number of carbonyl (C=O) groups excluding carboxylic acids is 2. The summed E-state index contributed by atoms with van der Waals surface area (Å²) < 4.78 is 28.9. The van der Waals surface area contributed by atoms with Crippen LogP contribution in [0.4, 0.5) is 4.39 Å². The fourth-order valence-electron chi connectivity index (χ4n) is 2.17. The Morgan fingerprint density at radius 3 is 2.80 bits per heavy atom. The average Bonchev–Trinajstić information content (AvgIpc) is 3.07. The molecule has 0 fully saturated rings. The van der Waals surface area contributed by atoms with Gasteiger partial charge in [0.2, 0.25) is 6.79 Å². The summed E-state index contributed by atoms with van der Waals surface area (Å²) >= 11 is 3.13. The number of benzene rings is 2. The second-order valence-corrected chi connectivity index (χ2v) is 6.02. The molecule has 0 unspecified atom stereocenters. The number of rotatable bonds is 5. The maximum Gasteiger partial charge on any atom is 0.339 e. The van der Waals surface area contributed by atoms with Crippen LogP contribution < -0.4 is 14.8 Å². The molecule has 25 heavy (non-hydrogen) atoms. The molecule has 2 aromatic carbocycles. The Morgan fingerprint density at radius 1 is 1.16 bits per heavy atom. The maximum atomic E-state index is 13.2. The van der Waals surface area contributed by atoms with E-state index in [1.54, 1.807) is 18.2 Å². The normalized spacial score (nSPS) is 11.9. The second kappa shape index (κ2) is 7.52. The number of carbonyl (C=O) groups is 2. The zero-order valence-corrected chi connectivity index (χ0v) is 14.5. The largest absolute Gasteiger partial charge is 0.454 e. The third-order valence-corrected chi connectivity index (χ3v) is 4.10. The van der Waals surface area contributed by atoms with Crippen molar-refractivity contribution in [1.82, 2.24) is 5.32 Å². The van der Waals surface area contributed by atoms with E-state index in [-0.39, 0.29) is 18.9 Å². The summed E-state index contributed by atoms with van der Waals surface area (Å²) in [5, 5.41) is 2.62. The number of hydrogen-bond acceptors (Lipinski definition) is 5. The predicted octanol–water partition coefficient (Wildman–Crippen LogP) is 2.79. The van der Waals surface area contributed by atoms with Crippen molar-refractivity contribution < 1.29 is 28.2 Å². The van der Waals surface area contributed by atoms with E-state index in [1.807, 2.05) is 0 Å². The van der Waals surface area contributed by atoms with Crippen molar-refractivity contribution in [2.75, 3.05) is 13.4 Å². The molecule has 0 aromatic heterocycles. The molecule has 130 valence electrons. The zero-order chi connectivity index (χ0) is 17.8. The van der Waals surface area contributed by atoms with Crippen LogP contribution in [0.2, 0.25) is 0 Å². The Bertz CT molecular complexity index is 827. The van der Waals surface area contributed by atoms with Crippen LogP contribution in [0.15, 0.2) is 40.9 Å². The molecule has 0 spiro atoms. The molecule has 1 heterocycles. The summed E-state index contributed by atoms with van der Waals surface area (Å²) in [6.45, 7) is -0.0419. The quantitative estimate of drug-likeness (QED) is 0.768. The summed E-state index contributed by atoms with van der Waals surface area (Å²) in [4.78, 5) is 23.7. The molecular formula is C17H13BrFNO5. The van der Waals surface area contributed by atoms with Crippen LogP contribution in [0.5, 0.6) is 11.5 Å². The SMILES string of the molecule is O=C(COC(=O)c1cc(F)ccc1Br)NCc1ccc2c(c1)OCO2. The van der Waals surface area contributed by atoms with E-state index in [2.05, 4.69) is 21.2 Å². The molecule has 0 saturated carbocycles. The van der Waals surface area contributed by atoms with Crippen LogP contribution >= 0.6 is 15.9 Å². The van der Waals surface area contributed by atoms with Crippen LogP contribution in [0, 0.1) is 5.82 Å². The second-order valence-electron chi connectivity index (χ2n) is 5.16. The molecule has 6 nitrogen and oxygen atoms in total. The molecular weight excluding hydrogens is 397 g/mol. The highest BCUT2D eigenvalue weighted by atomic mass is 79.9. The van der Waals surface area contributed by atoms with Crippen molar-refractivity contribution in [3.05, 3.63) is 57.8 Å². The van der Waals surface area contributed by atoms with Crippen molar-refractivity contribution >= 4 is 27.8 Å². The van der Waals surface area contributed by atoms with Gasteiger partial charge in [-0.2, -0.15) is 0 Å². The van der Waals surface area contributed by atoms with E-state index in [0.717, 1.165) is 11.6 Å². The van der Waals surface area contributed by atoms with Gasteiger partial charge in [-0.25, -0.2) is 9.18 Å². The van der Waals surface area contributed by atoms with E-state index in [1.165, 1.54) is 12.1 Å². The molecule has 0 radical (unpaired) electrons. The van der Waals surface area contributed by atoms with Gasteiger partial charge in [-0.15, -0.1) is 0 Å². The van der Waals surface area contributed by atoms with Gasteiger partial charge < -0.3 is 19.5 Å². The summed E-state index contributed by atoms with van der Waals surface area (Å²) in [7, 11) is 0. The molecule has 8 heteroatoms. The third-order valence-electron chi connectivity index (χ3n) is 3.41. The predicted molar refractivity (Wildman–Crippen MR) is 88.8 cm³/mol. The Labute approximate surface area is 151 Å². The lowest BCUT2D eigenvalue weighted by molar-refractivity contribution is -0.124. The first-order chi connectivity index (χ1) is 12.0. The number of halogens is 2. The van der Waals surface area contributed by atoms with E-state index >= 15 is 0 Å². The molecule has 1 aliphatic heterocycles. The standard InChI is InChI=1S/C17H13BrFNO5/c18-13-3-2-11(19)6-12(13)17(22)23-8-16(21)20-7-10-1-4-14-15(5-10)25-9-24-14/h1-6H,7-9H2,(H,20,21). The fraction of sp³-hybridized carbons (Fsp3) is 0.176. The van der Waals surface area contributed by atoms with Crippen molar-refractivity contribution in [1.29, 1.82) is 0 Å². The fourth-order valence-corrected chi connectivity index (χ4v) is 2.57. The monoisotopic (exact) mass is 409 g/mol. The van der Waals surface area contributed by atoms with E-state index in [0.29, 0.717) is 16.0 Å². The van der Waals surface area contributed by atoms with E-state index in [9.17, 15) is 14.0 Å². The minimum absolute atomic E-state index is 0.0172. The average molecular weight is 410 g/mol. The van der Waals surface area contributed by atoms with Crippen LogP contribution in [0.25, 0.3) is 0 Å². The summed E-state index contributed by atoms with van der Waals surface area (Å²) in [6.07, 6.45) is 0.